The molecule has 0 amide bonds. The highest BCUT2D eigenvalue weighted by molar-refractivity contribution is 7.99. The van der Waals surface area contributed by atoms with Crippen molar-refractivity contribution in [2.24, 2.45) is 0 Å². The molecule has 1 N–H and O–H groups in total. The molecule has 0 radical (unpaired) electrons. The van der Waals surface area contributed by atoms with Crippen molar-refractivity contribution in [2.75, 3.05) is 13.1 Å². The Morgan fingerprint density at radius 3 is 2.53 bits per heavy atom. The van der Waals surface area contributed by atoms with Crippen LogP contribution in [0.4, 0.5) is 0 Å². The molecule has 0 aromatic carbocycles. The van der Waals surface area contributed by atoms with Crippen LogP contribution in [0.5, 0.6) is 0 Å². The minimum atomic E-state index is 0. The van der Waals surface area contributed by atoms with Gasteiger partial charge in [-0.15, -0.1) is 12.4 Å². The third-order valence-electron chi connectivity index (χ3n) is 2.25. The molecule has 1 fully saturated rings. The third-order valence-corrected chi connectivity index (χ3v) is 3.38. The van der Waals surface area contributed by atoms with Crippen LogP contribution in [0.1, 0.15) is 17.8 Å². The van der Waals surface area contributed by atoms with Crippen LogP contribution < -0.4 is 5.32 Å². The second-order valence-electron chi connectivity index (χ2n) is 3.67. The van der Waals surface area contributed by atoms with Gasteiger partial charge in [-0.3, -0.25) is 0 Å². The van der Waals surface area contributed by atoms with Gasteiger partial charge in [-0.1, -0.05) is 11.8 Å². The second-order valence-corrected chi connectivity index (χ2v) is 4.93. The summed E-state index contributed by atoms with van der Waals surface area (Å²) in [5, 5.41) is 4.92. The summed E-state index contributed by atoms with van der Waals surface area (Å²) < 4.78 is 0. The number of rotatable bonds is 2. The molecule has 1 aliphatic rings. The van der Waals surface area contributed by atoms with E-state index < -0.39 is 0 Å². The molecule has 0 aliphatic carbocycles. The molecule has 2 rings (SSSR count). The van der Waals surface area contributed by atoms with E-state index in [1.807, 2.05) is 19.9 Å². The molecule has 1 aromatic heterocycles. The average molecular weight is 246 g/mol. The van der Waals surface area contributed by atoms with Gasteiger partial charge < -0.3 is 5.32 Å². The number of nitrogens with zero attached hydrogens (tertiary/aromatic N) is 2. The molecule has 1 atom stereocenters. The van der Waals surface area contributed by atoms with Gasteiger partial charge >= 0.3 is 0 Å². The number of halogens is 1. The number of nitrogens with one attached hydrogen (secondary N) is 1. The summed E-state index contributed by atoms with van der Waals surface area (Å²) in [6.07, 6.45) is 1.22. The molecule has 1 unspecified atom stereocenters. The molecule has 84 valence electrons. The highest BCUT2D eigenvalue weighted by Gasteiger charge is 2.17. The Hall–Kier alpha value is -0.320. The molecule has 1 saturated heterocycles. The summed E-state index contributed by atoms with van der Waals surface area (Å²) in [7, 11) is 0. The van der Waals surface area contributed by atoms with Gasteiger partial charge in [0.05, 0.1) is 0 Å². The summed E-state index contributed by atoms with van der Waals surface area (Å²) in [6, 6.07) is 2.01. The van der Waals surface area contributed by atoms with Crippen LogP contribution in [0.15, 0.2) is 11.2 Å². The van der Waals surface area contributed by atoms with Crippen LogP contribution in [0.25, 0.3) is 0 Å². The van der Waals surface area contributed by atoms with E-state index in [0.29, 0.717) is 5.25 Å². The lowest BCUT2D eigenvalue weighted by molar-refractivity contribution is 0.856. The molecule has 5 heteroatoms. The maximum atomic E-state index is 4.42. The van der Waals surface area contributed by atoms with Gasteiger partial charge in [-0.2, -0.15) is 0 Å². The standard InChI is InChI=1S/C10H15N3S.ClH/c1-7-5-8(2)13-10(12-7)14-9-3-4-11-6-9;/h5,9,11H,3-4,6H2,1-2H3;1H. The normalized spacial score (nSPS) is 20.0. The molecule has 0 bridgehead atoms. The molecule has 15 heavy (non-hydrogen) atoms. The van der Waals surface area contributed by atoms with Gasteiger partial charge in [-0.05, 0) is 32.9 Å². The summed E-state index contributed by atoms with van der Waals surface area (Å²) >= 11 is 1.79. The first kappa shape index (κ1) is 12.7. The van der Waals surface area contributed by atoms with Crippen molar-refractivity contribution in [1.29, 1.82) is 0 Å². The van der Waals surface area contributed by atoms with E-state index in [9.17, 15) is 0 Å². The van der Waals surface area contributed by atoms with Crippen molar-refractivity contribution in [3.05, 3.63) is 17.5 Å². The van der Waals surface area contributed by atoms with E-state index in [-0.39, 0.29) is 12.4 Å². The lowest BCUT2D eigenvalue weighted by Crippen LogP contribution is -2.10. The zero-order valence-corrected chi connectivity index (χ0v) is 10.6. The second kappa shape index (κ2) is 5.68. The highest BCUT2D eigenvalue weighted by atomic mass is 35.5. The van der Waals surface area contributed by atoms with Crippen molar-refractivity contribution in [3.8, 4) is 0 Å². The van der Waals surface area contributed by atoms with Crippen LogP contribution in [0, 0.1) is 13.8 Å². The predicted molar refractivity (Wildman–Crippen MR) is 65.9 cm³/mol. The Balaban J connectivity index is 0.00000112. The minimum Gasteiger partial charge on any atom is -0.316 e. The number of hydrogen-bond donors (Lipinski definition) is 1. The van der Waals surface area contributed by atoms with Crippen LogP contribution in [0.3, 0.4) is 0 Å². The monoisotopic (exact) mass is 245 g/mol. The van der Waals surface area contributed by atoms with Crippen LogP contribution >= 0.6 is 24.2 Å². The fraction of sp³-hybridized carbons (Fsp3) is 0.600. The summed E-state index contributed by atoms with van der Waals surface area (Å²) in [5.74, 6) is 0. The van der Waals surface area contributed by atoms with Gasteiger partial charge in [0, 0.05) is 23.2 Å². The number of aryl methyl sites for hydroxylation is 2. The van der Waals surface area contributed by atoms with E-state index >= 15 is 0 Å². The van der Waals surface area contributed by atoms with Crippen LogP contribution in [0.2, 0.25) is 0 Å². The summed E-state index contributed by atoms with van der Waals surface area (Å²) in [6.45, 7) is 6.25. The topological polar surface area (TPSA) is 37.8 Å². The van der Waals surface area contributed by atoms with Crippen molar-refractivity contribution in [3.63, 3.8) is 0 Å². The van der Waals surface area contributed by atoms with Crippen LogP contribution in [-0.2, 0) is 0 Å². The Morgan fingerprint density at radius 1 is 1.33 bits per heavy atom. The zero-order valence-electron chi connectivity index (χ0n) is 8.99. The SMILES string of the molecule is Cc1cc(C)nc(SC2CCNC2)n1.Cl. The molecule has 1 aliphatic heterocycles. The summed E-state index contributed by atoms with van der Waals surface area (Å²) in [5.41, 5.74) is 2.12. The minimum absolute atomic E-state index is 0. The summed E-state index contributed by atoms with van der Waals surface area (Å²) in [4.78, 5) is 8.84. The fourth-order valence-electron chi connectivity index (χ4n) is 1.62. The number of thioether (sulfide) groups is 1. The Kier molecular flexibility index (Phi) is 4.83. The Labute approximate surface area is 101 Å². The fourth-order valence-corrected chi connectivity index (χ4v) is 2.75. The van der Waals surface area contributed by atoms with E-state index in [2.05, 4.69) is 15.3 Å². The Morgan fingerprint density at radius 2 is 2.00 bits per heavy atom. The lowest BCUT2D eigenvalue weighted by atomic mass is 10.4. The van der Waals surface area contributed by atoms with Gasteiger partial charge in [0.2, 0.25) is 0 Å². The van der Waals surface area contributed by atoms with Crippen molar-refractivity contribution < 1.29 is 0 Å². The zero-order chi connectivity index (χ0) is 9.97. The third kappa shape index (κ3) is 3.63. The first-order chi connectivity index (χ1) is 6.74. The van der Waals surface area contributed by atoms with Gasteiger partial charge in [0.15, 0.2) is 5.16 Å². The van der Waals surface area contributed by atoms with Crippen molar-refractivity contribution in [2.45, 2.75) is 30.7 Å². The molecule has 3 nitrogen and oxygen atoms in total. The Bertz CT molecular complexity index is 306. The smallest absolute Gasteiger partial charge is 0.188 e. The van der Waals surface area contributed by atoms with E-state index in [1.165, 1.54) is 6.42 Å². The molecule has 0 saturated carbocycles. The van der Waals surface area contributed by atoms with Gasteiger partial charge in [0.1, 0.15) is 0 Å². The predicted octanol–water partition coefficient (Wildman–Crippen LogP) is 1.97. The first-order valence-corrected chi connectivity index (χ1v) is 5.81. The molecule has 0 spiro atoms. The quantitative estimate of drug-likeness (QED) is 0.809. The number of aromatic nitrogens is 2. The first-order valence-electron chi connectivity index (χ1n) is 4.94. The van der Waals surface area contributed by atoms with Gasteiger partial charge in [-0.25, -0.2) is 9.97 Å². The number of hydrogen-bond acceptors (Lipinski definition) is 4. The van der Waals surface area contributed by atoms with Crippen molar-refractivity contribution in [1.82, 2.24) is 15.3 Å². The average Bonchev–Trinajstić information content (AvgIpc) is 2.54. The van der Waals surface area contributed by atoms with Crippen molar-refractivity contribution >= 4 is 24.2 Å². The van der Waals surface area contributed by atoms with E-state index in [4.69, 9.17) is 0 Å². The van der Waals surface area contributed by atoms with Crippen LogP contribution in [-0.4, -0.2) is 28.3 Å². The molecular formula is C10H16ClN3S. The highest BCUT2D eigenvalue weighted by Crippen LogP contribution is 2.24. The maximum absolute atomic E-state index is 4.42. The van der Waals surface area contributed by atoms with E-state index in [0.717, 1.165) is 29.6 Å². The maximum Gasteiger partial charge on any atom is 0.188 e. The molecule has 2 heterocycles. The van der Waals surface area contributed by atoms with E-state index in [1.54, 1.807) is 11.8 Å². The lowest BCUT2D eigenvalue weighted by Gasteiger charge is -2.07. The molecule has 1 aromatic rings. The van der Waals surface area contributed by atoms with Gasteiger partial charge in [0.25, 0.3) is 0 Å². The molecular weight excluding hydrogens is 230 g/mol. The largest absolute Gasteiger partial charge is 0.316 e.